The fraction of sp³-hybridized carbons (Fsp3) is 0.278. The van der Waals surface area contributed by atoms with Crippen LogP contribution in [0.4, 0.5) is 14.7 Å². The molecule has 0 saturated heterocycles. The van der Waals surface area contributed by atoms with Crippen molar-refractivity contribution in [2.45, 2.75) is 19.3 Å². The lowest BCUT2D eigenvalue weighted by molar-refractivity contribution is 0.0221. The third-order valence-corrected chi connectivity index (χ3v) is 5.92. The zero-order valence-electron chi connectivity index (χ0n) is 15.0. The summed E-state index contributed by atoms with van der Waals surface area (Å²) in [4.78, 5) is 21.5. The number of nitrogens with zero attached hydrogens (tertiary/aromatic N) is 2. The van der Waals surface area contributed by atoms with Gasteiger partial charge >= 0.3 is 0 Å². The van der Waals surface area contributed by atoms with Gasteiger partial charge in [0.15, 0.2) is 0 Å². The van der Waals surface area contributed by atoms with E-state index in [1.807, 2.05) is 0 Å². The Morgan fingerprint density at radius 1 is 1.34 bits per heavy atom. The van der Waals surface area contributed by atoms with Crippen LogP contribution in [0.3, 0.4) is 0 Å². The van der Waals surface area contributed by atoms with Gasteiger partial charge in [-0.3, -0.25) is 4.79 Å². The van der Waals surface area contributed by atoms with Crippen molar-refractivity contribution < 1.29 is 18.3 Å². The van der Waals surface area contributed by atoms with E-state index in [4.69, 9.17) is 33.7 Å². The van der Waals surface area contributed by atoms with Crippen LogP contribution < -0.4 is 15.8 Å². The van der Waals surface area contributed by atoms with Gasteiger partial charge in [0.25, 0.3) is 11.8 Å². The maximum atomic E-state index is 13.1. The number of nitrogens with one attached hydrogen (secondary N) is 1. The minimum absolute atomic E-state index is 0.0000756. The summed E-state index contributed by atoms with van der Waals surface area (Å²) in [6.45, 7) is 0.414. The van der Waals surface area contributed by atoms with E-state index in [0.717, 1.165) is 23.8 Å². The van der Waals surface area contributed by atoms with E-state index in [1.54, 1.807) is 12.1 Å². The van der Waals surface area contributed by atoms with E-state index >= 15 is 0 Å². The highest BCUT2D eigenvalue weighted by Crippen LogP contribution is 2.46. The van der Waals surface area contributed by atoms with Gasteiger partial charge in [-0.1, -0.05) is 23.2 Å². The number of carbonyl (C=O) groups excluding carboxylic acids is 1. The van der Waals surface area contributed by atoms with E-state index < -0.39 is 18.4 Å². The number of ether oxygens (including phenoxy) is 1. The number of rotatable bonds is 4. The molecule has 11 heteroatoms. The third-order valence-electron chi connectivity index (χ3n) is 4.31. The van der Waals surface area contributed by atoms with E-state index in [9.17, 15) is 13.6 Å². The summed E-state index contributed by atoms with van der Waals surface area (Å²) in [5.41, 5.74) is 7.71. The molecule has 1 aliphatic rings. The molecule has 152 valence electrons. The number of amides is 1. The van der Waals surface area contributed by atoms with Gasteiger partial charge in [-0.05, 0) is 12.1 Å². The highest BCUT2D eigenvalue weighted by atomic mass is 35.5. The smallest absolute Gasteiger partial charge is 0.262 e. The lowest BCUT2D eigenvalue weighted by Crippen LogP contribution is -2.34. The standard InChI is InChI=1S/C18H14Cl2F2N4O2S/c1-18(21,22)6-24-15(27)11-4-8-13(25-17(23)26-16(8)29-11)12-7-2-3-28-14(7)10(20)5-9(12)19/h4-5H,2-3,6H2,1H3,(H,24,27)(H2,23,25,26). The molecule has 3 N–H and O–H groups in total. The lowest BCUT2D eigenvalue weighted by Gasteiger charge is -2.12. The van der Waals surface area contributed by atoms with Crippen LogP contribution in [0.25, 0.3) is 21.5 Å². The monoisotopic (exact) mass is 458 g/mol. The number of nitrogen functional groups attached to an aromatic ring is 1. The van der Waals surface area contributed by atoms with Gasteiger partial charge in [-0.25, -0.2) is 18.7 Å². The molecule has 0 atom stereocenters. The summed E-state index contributed by atoms with van der Waals surface area (Å²) < 4.78 is 31.7. The highest BCUT2D eigenvalue weighted by molar-refractivity contribution is 7.20. The number of anilines is 1. The van der Waals surface area contributed by atoms with E-state index in [0.29, 0.717) is 50.3 Å². The predicted octanol–water partition coefficient (Wildman–Crippen LogP) is 4.57. The summed E-state index contributed by atoms with van der Waals surface area (Å²) in [5.74, 6) is -3.11. The fourth-order valence-corrected chi connectivity index (χ4v) is 4.72. The number of fused-ring (bicyclic) bond motifs is 2. The van der Waals surface area contributed by atoms with Crippen LogP contribution in [0.15, 0.2) is 12.1 Å². The Kier molecular flexibility index (Phi) is 5.00. The van der Waals surface area contributed by atoms with Crippen molar-refractivity contribution in [3.8, 4) is 17.0 Å². The quantitative estimate of drug-likeness (QED) is 0.597. The Morgan fingerprint density at radius 3 is 2.83 bits per heavy atom. The zero-order valence-corrected chi connectivity index (χ0v) is 17.3. The maximum absolute atomic E-state index is 13.1. The van der Waals surface area contributed by atoms with Crippen molar-refractivity contribution in [3.63, 3.8) is 0 Å². The summed E-state index contributed by atoms with van der Waals surface area (Å²) >= 11 is 13.7. The van der Waals surface area contributed by atoms with Gasteiger partial charge in [-0.2, -0.15) is 0 Å². The molecule has 0 spiro atoms. The van der Waals surface area contributed by atoms with E-state index in [2.05, 4.69) is 15.3 Å². The first-order chi connectivity index (χ1) is 13.6. The molecule has 2 aromatic heterocycles. The zero-order chi connectivity index (χ0) is 20.9. The van der Waals surface area contributed by atoms with Crippen molar-refractivity contribution in [2.75, 3.05) is 18.9 Å². The second-order valence-electron chi connectivity index (χ2n) is 6.63. The van der Waals surface area contributed by atoms with Crippen LogP contribution in [0.2, 0.25) is 10.0 Å². The van der Waals surface area contributed by atoms with E-state index in [1.165, 1.54) is 0 Å². The van der Waals surface area contributed by atoms with Gasteiger partial charge in [0, 0.05) is 29.9 Å². The Bertz CT molecular complexity index is 1150. The summed E-state index contributed by atoms with van der Waals surface area (Å²) in [7, 11) is 0. The Labute approximate surface area is 178 Å². The molecule has 3 heterocycles. The molecule has 4 rings (SSSR count). The first-order valence-corrected chi connectivity index (χ1v) is 10.1. The molecule has 0 aliphatic carbocycles. The molecular formula is C18H14Cl2F2N4O2S. The molecule has 0 fully saturated rings. The first kappa shape index (κ1) is 20.1. The SMILES string of the molecule is CC(F)(F)CNC(=O)c1cc2c(-c3c(Cl)cc(Cl)c4c3CCO4)nc(N)nc2s1. The molecule has 29 heavy (non-hydrogen) atoms. The second-order valence-corrected chi connectivity index (χ2v) is 8.48. The topological polar surface area (TPSA) is 90.1 Å². The number of alkyl halides is 2. The van der Waals surface area contributed by atoms with Crippen LogP contribution >= 0.6 is 34.5 Å². The molecule has 1 aliphatic heterocycles. The highest BCUT2D eigenvalue weighted by Gasteiger charge is 2.27. The largest absolute Gasteiger partial charge is 0.491 e. The average Bonchev–Trinajstić information content (AvgIpc) is 3.26. The Morgan fingerprint density at radius 2 is 2.10 bits per heavy atom. The first-order valence-electron chi connectivity index (χ1n) is 8.51. The number of hydrogen-bond acceptors (Lipinski definition) is 6. The summed E-state index contributed by atoms with van der Waals surface area (Å²) in [6, 6.07) is 3.11. The minimum atomic E-state index is -3.01. The van der Waals surface area contributed by atoms with Crippen molar-refractivity contribution in [1.29, 1.82) is 0 Å². The average molecular weight is 459 g/mol. The van der Waals surface area contributed by atoms with Crippen molar-refractivity contribution in [2.24, 2.45) is 0 Å². The number of nitrogens with two attached hydrogens (primary N) is 1. The number of benzene rings is 1. The van der Waals surface area contributed by atoms with Gasteiger partial charge in [-0.15, -0.1) is 11.3 Å². The van der Waals surface area contributed by atoms with E-state index in [-0.39, 0.29) is 10.8 Å². The van der Waals surface area contributed by atoms with Gasteiger partial charge in [0.2, 0.25) is 5.95 Å². The molecule has 0 radical (unpaired) electrons. The molecule has 1 amide bonds. The number of aromatic nitrogens is 2. The molecule has 0 bridgehead atoms. The van der Waals surface area contributed by atoms with Crippen molar-refractivity contribution in [1.82, 2.24) is 15.3 Å². The number of thiophene rings is 1. The number of hydrogen-bond donors (Lipinski definition) is 2. The molecule has 1 aromatic carbocycles. The predicted molar refractivity (Wildman–Crippen MR) is 109 cm³/mol. The number of carbonyl (C=O) groups is 1. The van der Waals surface area contributed by atoms with Crippen LogP contribution in [-0.2, 0) is 6.42 Å². The Hall–Kier alpha value is -2.23. The van der Waals surface area contributed by atoms with Crippen LogP contribution in [0.1, 0.15) is 22.2 Å². The maximum Gasteiger partial charge on any atom is 0.262 e. The molecule has 3 aromatic rings. The lowest BCUT2D eigenvalue weighted by atomic mass is 10.00. The van der Waals surface area contributed by atoms with Crippen LogP contribution in [-0.4, -0.2) is 34.9 Å². The summed E-state index contributed by atoms with van der Waals surface area (Å²) in [5, 5.41) is 3.51. The summed E-state index contributed by atoms with van der Waals surface area (Å²) in [6.07, 6.45) is 0.583. The van der Waals surface area contributed by atoms with Crippen molar-refractivity contribution in [3.05, 3.63) is 32.6 Å². The molecule has 0 unspecified atom stereocenters. The molecule has 6 nitrogen and oxygen atoms in total. The Balaban J connectivity index is 1.84. The number of halogens is 4. The molecular weight excluding hydrogens is 445 g/mol. The van der Waals surface area contributed by atoms with Crippen molar-refractivity contribution >= 4 is 56.6 Å². The minimum Gasteiger partial charge on any atom is -0.491 e. The fourth-order valence-electron chi connectivity index (χ4n) is 3.12. The molecule has 0 saturated carbocycles. The third kappa shape index (κ3) is 3.82. The van der Waals surface area contributed by atoms with Crippen LogP contribution in [0, 0.1) is 0 Å². The van der Waals surface area contributed by atoms with Gasteiger partial charge in [0.1, 0.15) is 10.6 Å². The van der Waals surface area contributed by atoms with Gasteiger partial charge in [0.05, 0.1) is 33.8 Å². The van der Waals surface area contributed by atoms with Crippen LogP contribution in [0.5, 0.6) is 5.75 Å². The normalized spacial score (nSPS) is 13.4. The van der Waals surface area contributed by atoms with Gasteiger partial charge < -0.3 is 15.8 Å². The second kappa shape index (κ2) is 7.23.